The molecule has 0 amide bonds. The summed E-state index contributed by atoms with van der Waals surface area (Å²) >= 11 is 0. The maximum Gasteiger partial charge on any atom is 0.128 e. The lowest BCUT2D eigenvalue weighted by molar-refractivity contribution is 0.234. The zero-order valence-electron chi connectivity index (χ0n) is 11.0. The lowest BCUT2D eigenvalue weighted by atomic mass is 10.0. The molecule has 2 aromatic rings. The molecule has 0 aliphatic heterocycles. The molecule has 100 valence electrons. The molecule has 0 fully saturated rings. The number of rotatable bonds is 5. The van der Waals surface area contributed by atoms with Crippen LogP contribution in [0.25, 0.3) is 0 Å². The van der Waals surface area contributed by atoms with Gasteiger partial charge in [0.15, 0.2) is 0 Å². The van der Waals surface area contributed by atoms with Crippen molar-refractivity contribution in [3.8, 4) is 0 Å². The maximum absolute atomic E-state index is 13.8. The summed E-state index contributed by atoms with van der Waals surface area (Å²) in [4.78, 5) is 6.29. The van der Waals surface area contributed by atoms with Gasteiger partial charge >= 0.3 is 0 Å². The van der Waals surface area contributed by atoms with Crippen molar-refractivity contribution in [1.82, 2.24) is 9.88 Å². The third kappa shape index (κ3) is 3.36. The van der Waals surface area contributed by atoms with Gasteiger partial charge < -0.3 is 5.73 Å². The van der Waals surface area contributed by atoms with E-state index in [1.54, 1.807) is 18.3 Å². The van der Waals surface area contributed by atoms with Crippen LogP contribution in [-0.4, -0.2) is 23.5 Å². The van der Waals surface area contributed by atoms with Crippen LogP contribution in [0.1, 0.15) is 17.3 Å². The molecule has 1 aromatic heterocycles. The Balaban J connectivity index is 2.16. The highest BCUT2D eigenvalue weighted by Gasteiger charge is 2.18. The third-order valence-corrected chi connectivity index (χ3v) is 3.16. The van der Waals surface area contributed by atoms with Crippen LogP contribution in [0.3, 0.4) is 0 Å². The fourth-order valence-corrected chi connectivity index (χ4v) is 2.15. The van der Waals surface area contributed by atoms with Crippen LogP contribution in [0.15, 0.2) is 48.7 Å². The van der Waals surface area contributed by atoms with Gasteiger partial charge in [-0.15, -0.1) is 0 Å². The first kappa shape index (κ1) is 13.6. The maximum atomic E-state index is 13.8. The lowest BCUT2D eigenvalue weighted by Gasteiger charge is -2.27. The topological polar surface area (TPSA) is 42.2 Å². The number of likely N-dealkylation sites (N-methyl/N-ethyl adjacent to an activating group) is 1. The Bertz CT molecular complexity index is 516. The van der Waals surface area contributed by atoms with E-state index in [0.29, 0.717) is 18.7 Å². The molecule has 2 N–H and O–H groups in total. The van der Waals surface area contributed by atoms with Crippen LogP contribution in [0.2, 0.25) is 0 Å². The highest BCUT2D eigenvalue weighted by molar-refractivity contribution is 5.21. The number of halogens is 1. The number of hydrogen-bond acceptors (Lipinski definition) is 3. The van der Waals surface area contributed by atoms with Gasteiger partial charge in [0.05, 0.1) is 11.7 Å². The zero-order chi connectivity index (χ0) is 13.7. The van der Waals surface area contributed by atoms with Crippen LogP contribution in [0.5, 0.6) is 0 Å². The van der Waals surface area contributed by atoms with Gasteiger partial charge in [-0.2, -0.15) is 0 Å². The number of benzene rings is 1. The fourth-order valence-electron chi connectivity index (χ4n) is 2.15. The summed E-state index contributed by atoms with van der Waals surface area (Å²) in [6.07, 6.45) is 1.75. The van der Waals surface area contributed by atoms with Crippen molar-refractivity contribution in [3.63, 3.8) is 0 Å². The van der Waals surface area contributed by atoms with Gasteiger partial charge in [-0.05, 0) is 25.2 Å². The van der Waals surface area contributed by atoms with Crippen LogP contribution < -0.4 is 5.73 Å². The fraction of sp³-hybridized carbons (Fsp3) is 0.267. The minimum atomic E-state index is -0.217. The van der Waals surface area contributed by atoms with Crippen molar-refractivity contribution in [2.45, 2.75) is 12.6 Å². The molecule has 3 nitrogen and oxygen atoms in total. The lowest BCUT2D eigenvalue weighted by Crippen LogP contribution is -2.31. The van der Waals surface area contributed by atoms with E-state index in [4.69, 9.17) is 5.73 Å². The molecular weight excluding hydrogens is 241 g/mol. The second-order valence-electron chi connectivity index (χ2n) is 4.51. The predicted octanol–water partition coefficient (Wildman–Crippen LogP) is 2.35. The summed E-state index contributed by atoms with van der Waals surface area (Å²) < 4.78 is 13.8. The van der Waals surface area contributed by atoms with E-state index in [-0.39, 0.29) is 11.9 Å². The van der Waals surface area contributed by atoms with Gasteiger partial charge in [0.1, 0.15) is 5.82 Å². The van der Waals surface area contributed by atoms with E-state index in [0.717, 1.165) is 5.69 Å². The first-order valence-corrected chi connectivity index (χ1v) is 6.27. The Kier molecular flexibility index (Phi) is 4.60. The molecule has 0 spiro atoms. The molecule has 0 aliphatic rings. The molecule has 19 heavy (non-hydrogen) atoms. The molecule has 0 saturated carbocycles. The normalized spacial score (nSPS) is 12.6. The third-order valence-electron chi connectivity index (χ3n) is 3.16. The smallest absolute Gasteiger partial charge is 0.128 e. The van der Waals surface area contributed by atoms with E-state index in [1.807, 2.05) is 36.2 Å². The molecule has 1 atom stereocenters. The average Bonchev–Trinajstić information content (AvgIpc) is 2.43. The van der Waals surface area contributed by atoms with Gasteiger partial charge in [0, 0.05) is 24.8 Å². The van der Waals surface area contributed by atoms with E-state index in [9.17, 15) is 4.39 Å². The molecule has 1 unspecified atom stereocenters. The zero-order valence-corrected chi connectivity index (χ0v) is 11.0. The quantitative estimate of drug-likeness (QED) is 0.896. The Morgan fingerprint density at radius 1 is 1.21 bits per heavy atom. The van der Waals surface area contributed by atoms with Crippen LogP contribution in [-0.2, 0) is 6.54 Å². The van der Waals surface area contributed by atoms with Crippen molar-refractivity contribution in [2.75, 3.05) is 13.6 Å². The Morgan fingerprint density at radius 3 is 2.58 bits per heavy atom. The van der Waals surface area contributed by atoms with Gasteiger partial charge in [0.25, 0.3) is 0 Å². The monoisotopic (exact) mass is 259 g/mol. The van der Waals surface area contributed by atoms with Gasteiger partial charge in [-0.25, -0.2) is 4.39 Å². The largest absolute Gasteiger partial charge is 0.329 e. The molecule has 0 bridgehead atoms. The summed E-state index contributed by atoms with van der Waals surface area (Å²) in [7, 11) is 1.93. The first-order valence-electron chi connectivity index (χ1n) is 6.27. The van der Waals surface area contributed by atoms with Crippen molar-refractivity contribution in [1.29, 1.82) is 0 Å². The van der Waals surface area contributed by atoms with E-state index >= 15 is 0 Å². The van der Waals surface area contributed by atoms with E-state index in [1.165, 1.54) is 6.07 Å². The average molecular weight is 259 g/mol. The Hall–Kier alpha value is -1.78. The van der Waals surface area contributed by atoms with E-state index in [2.05, 4.69) is 4.98 Å². The standard InChI is InChI=1S/C15H18FN3/c1-19(11-12-6-4-5-9-18-12)15(10-17)13-7-2-3-8-14(13)16/h2-9,15H,10-11,17H2,1H3. The molecule has 1 heterocycles. The van der Waals surface area contributed by atoms with Gasteiger partial charge in [-0.3, -0.25) is 9.88 Å². The number of aromatic nitrogens is 1. The van der Waals surface area contributed by atoms with Crippen molar-refractivity contribution in [2.24, 2.45) is 5.73 Å². The molecule has 0 radical (unpaired) electrons. The molecule has 0 aliphatic carbocycles. The minimum absolute atomic E-state index is 0.150. The molecule has 1 aromatic carbocycles. The van der Waals surface area contributed by atoms with E-state index < -0.39 is 0 Å². The minimum Gasteiger partial charge on any atom is -0.329 e. The van der Waals surface area contributed by atoms with Crippen molar-refractivity contribution in [3.05, 3.63) is 65.7 Å². The number of hydrogen-bond donors (Lipinski definition) is 1. The van der Waals surface area contributed by atoms with Crippen LogP contribution in [0, 0.1) is 5.82 Å². The second-order valence-corrected chi connectivity index (χ2v) is 4.51. The summed E-state index contributed by atoms with van der Waals surface area (Å²) in [6.45, 7) is 1.00. The number of pyridine rings is 1. The number of nitrogens with zero attached hydrogens (tertiary/aromatic N) is 2. The summed E-state index contributed by atoms with van der Waals surface area (Å²) in [5.41, 5.74) is 7.37. The summed E-state index contributed by atoms with van der Waals surface area (Å²) in [5, 5.41) is 0. The Labute approximate surface area is 112 Å². The molecule has 4 heteroatoms. The SMILES string of the molecule is CN(Cc1ccccn1)C(CN)c1ccccc1F. The number of nitrogens with two attached hydrogens (primary N) is 1. The molecule has 0 saturated heterocycles. The highest BCUT2D eigenvalue weighted by atomic mass is 19.1. The second kappa shape index (κ2) is 6.41. The molecule has 2 rings (SSSR count). The van der Waals surface area contributed by atoms with Crippen LogP contribution in [0.4, 0.5) is 4.39 Å². The van der Waals surface area contributed by atoms with Gasteiger partial charge in [-0.1, -0.05) is 24.3 Å². The predicted molar refractivity (Wildman–Crippen MR) is 73.9 cm³/mol. The highest BCUT2D eigenvalue weighted by Crippen LogP contribution is 2.22. The molecular formula is C15H18FN3. The Morgan fingerprint density at radius 2 is 1.95 bits per heavy atom. The summed E-state index contributed by atoms with van der Waals surface area (Å²) in [6, 6.07) is 12.4. The van der Waals surface area contributed by atoms with Crippen molar-refractivity contribution >= 4 is 0 Å². The van der Waals surface area contributed by atoms with Gasteiger partial charge in [0.2, 0.25) is 0 Å². The summed E-state index contributed by atoms with van der Waals surface area (Å²) in [5.74, 6) is -0.217. The van der Waals surface area contributed by atoms with Crippen LogP contribution >= 0.6 is 0 Å². The first-order chi connectivity index (χ1) is 9.22. The van der Waals surface area contributed by atoms with Crippen molar-refractivity contribution < 1.29 is 4.39 Å².